The number of halogens is 1. The van der Waals surface area contributed by atoms with E-state index in [4.69, 9.17) is 9.47 Å². The summed E-state index contributed by atoms with van der Waals surface area (Å²) in [6.45, 7) is 6.20. The summed E-state index contributed by atoms with van der Waals surface area (Å²) in [5.74, 6) is 0.740. The second kappa shape index (κ2) is 7.65. The van der Waals surface area contributed by atoms with Crippen LogP contribution in [0.25, 0.3) is 0 Å². The summed E-state index contributed by atoms with van der Waals surface area (Å²) in [4.78, 5) is 1.84. The summed E-state index contributed by atoms with van der Waals surface area (Å²) in [6, 6.07) is 5.71. The fourth-order valence-electron chi connectivity index (χ4n) is 1.55. The molecule has 0 saturated carbocycles. The molecule has 4 nitrogen and oxygen atoms in total. The van der Waals surface area contributed by atoms with Crippen molar-refractivity contribution < 1.29 is 14.5 Å². The Morgan fingerprint density at radius 2 is 2.28 bits per heavy atom. The number of rotatable bonds is 7. The average Bonchev–Trinajstić information content (AvgIpc) is 2.35. The van der Waals surface area contributed by atoms with Crippen LogP contribution in [0.15, 0.2) is 30.9 Å². The summed E-state index contributed by atoms with van der Waals surface area (Å²) < 4.78 is 11.3. The van der Waals surface area contributed by atoms with Crippen LogP contribution in [0.5, 0.6) is 5.75 Å². The molecule has 0 atom stereocenters. The zero-order valence-corrected chi connectivity index (χ0v) is 12.8. The third kappa shape index (κ3) is 3.89. The monoisotopic (exact) mass is 361 g/mol. The first-order valence-electron chi connectivity index (χ1n) is 5.57. The molecule has 0 bridgehead atoms. The van der Waals surface area contributed by atoms with E-state index in [1.165, 1.54) is 0 Å². The first-order valence-corrected chi connectivity index (χ1v) is 6.65. The molecule has 0 saturated heterocycles. The van der Waals surface area contributed by atoms with Gasteiger partial charge >= 0.3 is 7.05 Å². The Hall–Kier alpha value is -0.725. The first kappa shape index (κ1) is 15.3. The highest BCUT2D eigenvalue weighted by Gasteiger charge is 2.19. The van der Waals surface area contributed by atoms with Gasteiger partial charge in [0.15, 0.2) is 6.79 Å². The Balaban J connectivity index is 3.03. The van der Waals surface area contributed by atoms with Gasteiger partial charge in [-0.25, -0.2) is 0 Å². The Kier molecular flexibility index (Phi) is 6.52. The maximum absolute atomic E-state index is 9.80. The number of hydrogen-bond acceptors (Lipinski definition) is 4. The maximum Gasteiger partial charge on any atom is 0.409 e. The summed E-state index contributed by atoms with van der Waals surface area (Å²) >= 11 is 2.20. The maximum atomic E-state index is 9.80. The molecule has 1 N–H and O–H groups in total. The minimum Gasteiger partial charge on any atom is -0.466 e. The van der Waals surface area contributed by atoms with Gasteiger partial charge in [-0.3, -0.25) is 0 Å². The van der Waals surface area contributed by atoms with Crippen LogP contribution < -0.4 is 9.55 Å². The van der Waals surface area contributed by atoms with Crippen molar-refractivity contribution in [2.24, 2.45) is 0 Å². The molecule has 0 aliphatic carbocycles. The summed E-state index contributed by atoms with van der Waals surface area (Å²) in [7, 11) is 0.991. The van der Waals surface area contributed by atoms with E-state index in [-0.39, 0.29) is 6.79 Å². The van der Waals surface area contributed by atoms with Gasteiger partial charge in [-0.2, -0.15) is 0 Å². The lowest BCUT2D eigenvalue weighted by Crippen LogP contribution is -2.37. The second-order valence-electron chi connectivity index (χ2n) is 3.71. The van der Waals surface area contributed by atoms with Crippen LogP contribution in [0, 0.1) is 3.57 Å². The van der Waals surface area contributed by atoms with Gasteiger partial charge < -0.3 is 19.3 Å². The van der Waals surface area contributed by atoms with Crippen molar-refractivity contribution in [2.75, 3.05) is 25.3 Å². The van der Waals surface area contributed by atoms with Crippen molar-refractivity contribution in [1.82, 2.24) is 0 Å². The molecule has 98 valence electrons. The molecule has 0 aliphatic rings. The highest BCUT2D eigenvalue weighted by Crippen LogP contribution is 2.31. The van der Waals surface area contributed by atoms with E-state index in [1.807, 2.05) is 23.0 Å². The molecule has 6 heteroatoms. The second-order valence-corrected chi connectivity index (χ2v) is 4.79. The van der Waals surface area contributed by atoms with E-state index >= 15 is 0 Å². The summed E-state index contributed by atoms with van der Waals surface area (Å²) in [6.07, 6.45) is 1.76. The fraction of sp³-hybridized carbons (Fsp3) is 0.333. The van der Waals surface area contributed by atoms with E-state index in [0.29, 0.717) is 6.54 Å². The van der Waals surface area contributed by atoms with Gasteiger partial charge in [0, 0.05) is 19.3 Å². The number of methoxy groups -OCH3 is 1. The van der Waals surface area contributed by atoms with Gasteiger partial charge in [0.1, 0.15) is 5.75 Å². The van der Waals surface area contributed by atoms with Crippen molar-refractivity contribution in [2.45, 2.75) is 6.82 Å². The van der Waals surface area contributed by atoms with Crippen molar-refractivity contribution in [3.05, 3.63) is 34.4 Å². The molecule has 18 heavy (non-hydrogen) atoms. The largest absolute Gasteiger partial charge is 0.466 e. The highest BCUT2D eigenvalue weighted by molar-refractivity contribution is 14.1. The molecule has 0 unspecified atom stereocenters. The predicted molar refractivity (Wildman–Crippen MR) is 83.0 cm³/mol. The SMILES string of the molecule is C=CCN(B(C)O)c1cccc(OCOC)c1I. The Labute approximate surface area is 122 Å². The number of ether oxygens (including phenoxy) is 2. The van der Waals surface area contributed by atoms with Crippen molar-refractivity contribution >= 4 is 35.3 Å². The van der Waals surface area contributed by atoms with Crippen LogP contribution in [0.3, 0.4) is 0 Å². The molecule has 0 aliphatic heterocycles. The fourth-order valence-corrected chi connectivity index (χ4v) is 2.37. The minimum atomic E-state index is -0.589. The Bertz CT molecular complexity index is 401. The molecule has 0 fully saturated rings. The summed E-state index contributed by atoms with van der Waals surface area (Å²) in [5, 5.41) is 9.80. The quantitative estimate of drug-likeness (QED) is 0.351. The van der Waals surface area contributed by atoms with Crippen LogP contribution in [0.1, 0.15) is 0 Å². The zero-order chi connectivity index (χ0) is 13.5. The van der Waals surface area contributed by atoms with Crippen molar-refractivity contribution in [1.29, 1.82) is 0 Å². The van der Waals surface area contributed by atoms with E-state index < -0.39 is 7.05 Å². The molecule has 0 aromatic heterocycles. The minimum absolute atomic E-state index is 0.204. The average molecular weight is 361 g/mol. The third-order valence-electron chi connectivity index (χ3n) is 2.36. The van der Waals surface area contributed by atoms with Crippen molar-refractivity contribution in [3.8, 4) is 5.75 Å². The van der Waals surface area contributed by atoms with Crippen LogP contribution in [-0.4, -0.2) is 32.5 Å². The van der Waals surface area contributed by atoms with Crippen LogP contribution >= 0.6 is 22.6 Å². The number of nitrogens with zero attached hydrogens (tertiary/aromatic N) is 1. The van der Waals surface area contributed by atoms with Crippen LogP contribution in [-0.2, 0) is 4.74 Å². The van der Waals surface area contributed by atoms with Crippen LogP contribution in [0.4, 0.5) is 5.69 Å². The smallest absolute Gasteiger partial charge is 0.409 e. The lowest BCUT2D eigenvalue weighted by molar-refractivity contribution is 0.0505. The first-order chi connectivity index (χ1) is 8.61. The van der Waals surface area contributed by atoms with E-state index in [1.54, 1.807) is 20.0 Å². The zero-order valence-electron chi connectivity index (χ0n) is 10.6. The van der Waals surface area contributed by atoms with Gasteiger partial charge in [0.25, 0.3) is 0 Å². The third-order valence-corrected chi connectivity index (χ3v) is 3.45. The molecular weight excluding hydrogens is 344 g/mol. The molecule has 0 amide bonds. The van der Waals surface area contributed by atoms with Gasteiger partial charge in [-0.1, -0.05) is 12.1 Å². The highest BCUT2D eigenvalue weighted by atomic mass is 127. The Morgan fingerprint density at radius 1 is 1.56 bits per heavy atom. The van der Waals surface area contributed by atoms with Gasteiger partial charge in [-0.05, 0) is 41.5 Å². The number of anilines is 1. The predicted octanol–water partition coefficient (Wildman–Crippen LogP) is 2.38. The molecule has 0 radical (unpaired) electrons. The molecular formula is C12H17BINO3. The molecule has 1 aromatic carbocycles. The van der Waals surface area contributed by atoms with E-state index in [0.717, 1.165) is 15.0 Å². The summed E-state index contributed by atoms with van der Waals surface area (Å²) in [5.41, 5.74) is 0.916. The standard InChI is InChI=1S/C12H17BINO3/c1-4-8-15(13(2)16)10-6-5-7-11(12(10)14)18-9-17-3/h4-7,16H,1,8-9H2,2-3H3. The van der Waals surface area contributed by atoms with Gasteiger partial charge in [0.2, 0.25) is 0 Å². The van der Waals surface area contributed by atoms with Crippen molar-refractivity contribution in [3.63, 3.8) is 0 Å². The number of benzene rings is 1. The number of hydrogen-bond donors (Lipinski definition) is 1. The van der Waals surface area contributed by atoms with E-state index in [9.17, 15) is 5.02 Å². The van der Waals surface area contributed by atoms with Gasteiger partial charge in [-0.15, -0.1) is 6.58 Å². The molecule has 0 spiro atoms. The molecule has 1 rings (SSSR count). The lowest BCUT2D eigenvalue weighted by Gasteiger charge is -2.26. The topological polar surface area (TPSA) is 41.9 Å². The molecule has 0 heterocycles. The molecule has 1 aromatic rings. The van der Waals surface area contributed by atoms with E-state index in [2.05, 4.69) is 29.2 Å². The Morgan fingerprint density at radius 3 is 2.83 bits per heavy atom. The van der Waals surface area contributed by atoms with Crippen LogP contribution in [0.2, 0.25) is 6.82 Å². The van der Waals surface area contributed by atoms with Gasteiger partial charge in [0.05, 0.1) is 3.57 Å². The normalized spacial score (nSPS) is 10.0. The lowest BCUT2D eigenvalue weighted by atomic mass is 9.84.